The normalized spacial score (nSPS) is 9.29. The van der Waals surface area contributed by atoms with Crippen molar-refractivity contribution < 1.29 is 19.1 Å². The Balaban J connectivity index is 3.57. The Morgan fingerprint density at radius 1 is 1.29 bits per heavy atom. The van der Waals surface area contributed by atoms with E-state index in [-0.39, 0.29) is 25.6 Å². The van der Waals surface area contributed by atoms with Crippen LogP contribution in [-0.4, -0.2) is 24.6 Å². The largest absolute Gasteiger partial charge is 0.463 e. The van der Waals surface area contributed by atoms with Crippen molar-refractivity contribution in [2.24, 2.45) is 0 Å². The van der Waals surface area contributed by atoms with Gasteiger partial charge in [0.1, 0.15) is 0 Å². The summed E-state index contributed by atoms with van der Waals surface area (Å²) in [6.45, 7) is 3.43. The zero-order chi connectivity index (χ0) is 11.0. The lowest BCUT2D eigenvalue weighted by molar-refractivity contribution is -0.152. The highest BCUT2D eigenvalue weighted by molar-refractivity contribution is 5.77. The molecule has 0 aromatic rings. The maximum absolute atomic E-state index is 11.0. The average Bonchev–Trinajstić information content (AvgIpc) is 2.10. The average molecular weight is 198 g/mol. The van der Waals surface area contributed by atoms with Gasteiger partial charge in [0.15, 0.2) is 6.61 Å². The maximum atomic E-state index is 11.0. The molecule has 0 atom stereocenters. The van der Waals surface area contributed by atoms with Crippen molar-refractivity contribution in [1.82, 2.24) is 0 Å². The first-order valence-electron chi connectivity index (χ1n) is 4.34. The van der Waals surface area contributed by atoms with E-state index in [9.17, 15) is 9.59 Å². The van der Waals surface area contributed by atoms with Crippen molar-refractivity contribution in [2.75, 3.05) is 6.61 Å². The molecule has 0 radical (unpaired) electrons. The summed E-state index contributed by atoms with van der Waals surface area (Å²) in [6.07, 6.45) is 4.75. The van der Waals surface area contributed by atoms with E-state index in [1.807, 2.05) is 0 Å². The van der Waals surface area contributed by atoms with Crippen molar-refractivity contribution >= 4 is 11.9 Å². The molecule has 0 aromatic heterocycles. The zero-order valence-corrected chi connectivity index (χ0v) is 8.41. The van der Waals surface area contributed by atoms with Crippen LogP contribution >= 0.6 is 0 Å². The molecule has 0 aromatic carbocycles. The third kappa shape index (κ3) is 7.17. The second kappa shape index (κ2) is 6.96. The highest BCUT2D eigenvalue weighted by Crippen LogP contribution is 1.98. The molecule has 0 aliphatic carbocycles. The van der Waals surface area contributed by atoms with Crippen LogP contribution in [0.3, 0.4) is 0 Å². The van der Waals surface area contributed by atoms with E-state index in [2.05, 4.69) is 10.7 Å². The minimum absolute atomic E-state index is 0.00718. The van der Waals surface area contributed by atoms with E-state index in [1.165, 1.54) is 0 Å². The van der Waals surface area contributed by atoms with Crippen molar-refractivity contribution in [2.45, 2.75) is 32.8 Å². The van der Waals surface area contributed by atoms with Crippen LogP contribution in [0.1, 0.15) is 26.7 Å². The van der Waals surface area contributed by atoms with Crippen LogP contribution < -0.4 is 0 Å². The van der Waals surface area contributed by atoms with Gasteiger partial charge in [0, 0.05) is 0 Å². The molecule has 0 N–H and O–H groups in total. The van der Waals surface area contributed by atoms with Crippen molar-refractivity contribution in [1.29, 1.82) is 0 Å². The molecule has 0 rings (SSSR count). The number of carbonyl (C=O) groups is 2. The molecule has 4 nitrogen and oxygen atoms in total. The highest BCUT2D eigenvalue weighted by Gasteiger charge is 2.09. The predicted octanol–water partition coefficient (Wildman–Crippen LogP) is 0.895. The molecule has 0 fully saturated rings. The smallest absolute Gasteiger partial charge is 0.307 e. The lowest BCUT2D eigenvalue weighted by Crippen LogP contribution is -2.14. The van der Waals surface area contributed by atoms with Crippen LogP contribution in [-0.2, 0) is 19.1 Å². The van der Waals surface area contributed by atoms with E-state index < -0.39 is 11.9 Å². The fourth-order valence-electron chi connectivity index (χ4n) is 0.720. The highest BCUT2D eigenvalue weighted by atomic mass is 16.5. The number of esters is 2. The van der Waals surface area contributed by atoms with Gasteiger partial charge in [-0.05, 0) is 13.8 Å². The van der Waals surface area contributed by atoms with Crippen LogP contribution in [0.25, 0.3) is 0 Å². The van der Waals surface area contributed by atoms with E-state index in [4.69, 9.17) is 11.2 Å². The summed E-state index contributed by atoms with van der Waals surface area (Å²) in [7, 11) is 0. The first-order valence-corrected chi connectivity index (χ1v) is 4.34. The number of rotatable bonds is 5. The second-order valence-electron chi connectivity index (χ2n) is 2.90. The van der Waals surface area contributed by atoms with Crippen molar-refractivity contribution in [3.05, 3.63) is 0 Å². The Bertz CT molecular complexity index is 237. The van der Waals surface area contributed by atoms with Gasteiger partial charge in [-0.2, -0.15) is 0 Å². The van der Waals surface area contributed by atoms with Crippen molar-refractivity contribution in [3.63, 3.8) is 0 Å². The van der Waals surface area contributed by atoms with E-state index in [0.29, 0.717) is 0 Å². The number of carbonyl (C=O) groups excluding carboxylic acids is 2. The first kappa shape index (κ1) is 12.5. The number of ether oxygens (including phenoxy) is 2. The van der Waals surface area contributed by atoms with Crippen LogP contribution in [0.5, 0.6) is 0 Å². The Hall–Kier alpha value is -1.50. The predicted molar refractivity (Wildman–Crippen MR) is 50.3 cm³/mol. The fraction of sp³-hybridized carbons (Fsp3) is 0.600. The van der Waals surface area contributed by atoms with Crippen LogP contribution in [0.4, 0.5) is 0 Å². The van der Waals surface area contributed by atoms with E-state index in [0.717, 1.165) is 0 Å². The summed E-state index contributed by atoms with van der Waals surface area (Å²) < 4.78 is 9.38. The summed E-state index contributed by atoms with van der Waals surface area (Å²) >= 11 is 0. The Labute approximate surface area is 83.6 Å². The molecule has 0 aliphatic heterocycles. The zero-order valence-electron chi connectivity index (χ0n) is 8.41. The molecule has 0 spiro atoms. The van der Waals surface area contributed by atoms with Gasteiger partial charge in [0.25, 0.3) is 0 Å². The molecule has 78 valence electrons. The van der Waals surface area contributed by atoms with Gasteiger partial charge in [-0.15, -0.1) is 6.42 Å². The summed E-state index contributed by atoms with van der Waals surface area (Å²) in [5.74, 6) is 1.27. The molecule has 4 heteroatoms. The van der Waals surface area contributed by atoms with Gasteiger partial charge in [-0.3, -0.25) is 9.59 Å². The molecule has 0 bridgehead atoms. The quantitative estimate of drug-likeness (QED) is 0.486. The minimum atomic E-state index is -0.483. The topological polar surface area (TPSA) is 52.6 Å². The molecule has 0 aliphatic rings. The third-order valence-electron chi connectivity index (χ3n) is 1.22. The van der Waals surface area contributed by atoms with Gasteiger partial charge in [-0.25, -0.2) is 0 Å². The van der Waals surface area contributed by atoms with Gasteiger partial charge in [0.2, 0.25) is 0 Å². The number of hydrogen-bond donors (Lipinski definition) is 0. The SMILES string of the molecule is C#CCOC(=O)CCC(=O)OC(C)C. The molecular formula is C10H14O4. The standard InChI is InChI=1S/C10H14O4/c1-4-7-13-9(11)5-6-10(12)14-8(2)3/h1,8H,5-7H2,2-3H3. The monoisotopic (exact) mass is 198 g/mol. The van der Waals surface area contributed by atoms with Crippen LogP contribution in [0, 0.1) is 12.3 Å². The Morgan fingerprint density at radius 3 is 2.36 bits per heavy atom. The Kier molecular flexibility index (Phi) is 6.21. The molecule has 0 heterocycles. The molecule has 0 saturated carbocycles. The lowest BCUT2D eigenvalue weighted by atomic mass is 10.3. The number of terminal acetylenes is 1. The van der Waals surface area contributed by atoms with Crippen LogP contribution in [0.2, 0.25) is 0 Å². The molecule has 14 heavy (non-hydrogen) atoms. The lowest BCUT2D eigenvalue weighted by Gasteiger charge is -2.06. The summed E-state index contributed by atoms with van der Waals surface area (Å²) in [4.78, 5) is 21.8. The summed E-state index contributed by atoms with van der Waals surface area (Å²) in [5.41, 5.74) is 0. The fourth-order valence-corrected chi connectivity index (χ4v) is 0.720. The molecule has 0 saturated heterocycles. The second-order valence-corrected chi connectivity index (χ2v) is 2.90. The summed E-state index contributed by atoms with van der Waals surface area (Å²) in [6, 6.07) is 0. The van der Waals surface area contributed by atoms with E-state index >= 15 is 0 Å². The van der Waals surface area contributed by atoms with E-state index in [1.54, 1.807) is 13.8 Å². The molecular weight excluding hydrogens is 184 g/mol. The van der Waals surface area contributed by atoms with Crippen LogP contribution in [0.15, 0.2) is 0 Å². The molecule has 0 unspecified atom stereocenters. The Morgan fingerprint density at radius 2 is 1.86 bits per heavy atom. The minimum Gasteiger partial charge on any atom is -0.463 e. The van der Waals surface area contributed by atoms with Gasteiger partial charge in [0.05, 0.1) is 18.9 Å². The van der Waals surface area contributed by atoms with Gasteiger partial charge in [-0.1, -0.05) is 5.92 Å². The van der Waals surface area contributed by atoms with Crippen molar-refractivity contribution in [3.8, 4) is 12.3 Å². The molecule has 0 amide bonds. The van der Waals surface area contributed by atoms with Gasteiger partial charge < -0.3 is 9.47 Å². The summed E-state index contributed by atoms with van der Waals surface area (Å²) in [5, 5.41) is 0. The number of hydrogen-bond acceptors (Lipinski definition) is 4. The van der Waals surface area contributed by atoms with Gasteiger partial charge >= 0.3 is 11.9 Å². The third-order valence-corrected chi connectivity index (χ3v) is 1.22. The maximum Gasteiger partial charge on any atom is 0.307 e. The first-order chi connectivity index (χ1) is 6.56.